The van der Waals surface area contributed by atoms with Gasteiger partial charge in [-0.05, 0) is 18.9 Å². The van der Waals surface area contributed by atoms with E-state index in [4.69, 9.17) is 0 Å². The summed E-state index contributed by atoms with van der Waals surface area (Å²) in [6.07, 6.45) is 5.85. The standard InChI is InChI=1S/C19H21N5O2/c25-18(22-10-6-1-2-7-11-22)13-23-19(26)17-12-16(21-24(17)14-20-23)15-8-4-3-5-9-15/h3-5,8-9,12,14H,1-2,6-7,10-11,13H2. The number of benzene rings is 1. The molecule has 1 saturated heterocycles. The van der Waals surface area contributed by atoms with Crippen molar-refractivity contribution in [2.75, 3.05) is 13.1 Å². The van der Waals surface area contributed by atoms with Crippen LogP contribution < -0.4 is 5.56 Å². The number of amides is 1. The van der Waals surface area contributed by atoms with Gasteiger partial charge in [0.05, 0.1) is 5.69 Å². The summed E-state index contributed by atoms with van der Waals surface area (Å²) in [6, 6.07) is 11.4. The Morgan fingerprint density at radius 1 is 1.04 bits per heavy atom. The van der Waals surface area contributed by atoms with Gasteiger partial charge in [-0.3, -0.25) is 9.59 Å². The zero-order valence-corrected chi connectivity index (χ0v) is 14.5. The number of carbonyl (C=O) groups excluding carboxylic acids is 1. The second-order valence-corrected chi connectivity index (χ2v) is 6.61. The van der Waals surface area contributed by atoms with Crippen molar-refractivity contribution >= 4 is 11.4 Å². The molecule has 3 heterocycles. The van der Waals surface area contributed by atoms with E-state index in [9.17, 15) is 9.59 Å². The van der Waals surface area contributed by atoms with Crippen molar-refractivity contribution in [2.24, 2.45) is 0 Å². The smallest absolute Gasteiger partial charge is 0.293 e. The van der Waals surface area contributed by atoms with Gasteiger partial charge in [-0.2, -0.15) is 10.2 Å². The quantitative estimate of drug-likeness (QED) is 0.723. The number of nitrogens with zero attached hydrogens (tertiary/aromatic N) is 5. The van der Waals surface area contributed by atoms with Crippen LogP contribution in [0.1, 0.15) is 25.7 Å². The molecule has 0 saturated carbocycles. The number of fused-ring (bicyclic) bond motifs is 1. The van der Waals surface area contributed by atoms with E-state index in [2.05, 4.69) is 10.2 Å². The molecule has 0 N–H and O–H groups in total. The Morgan fingerprint density at radius 2 is 1.77 bits per heavy atom. The van der Waals surface area contributed by atoms with E-state index in [0.717, 1.165) is 44.3 Å². The maximum atomic E-state index is 12.7. The van der Waals surface area contributed by atoms with Gasteiger partial charge < -0.3 is 4.90 Å². The van der Waals surface area contributed by atoms with Gasteiger partial charge in [-0.25, -0.2) is 9.20 Å². The van der Waals surface area contributed by atoms with Gasteiger partial charge >= 0.3 is 0 Å². The highest BCUT2D eigenvalue weighted by molar-refractivity contribution is 5.76. The maximum Gasteiger partial charge on any atom is 0.293 e. The Hall–Kier alpha value is -2.96. The first-order chi connectivity index (χ1) is 12.7. The third-order valence-electron chi connectivity index (χ3n) is 4.80. The molecular weight excluding hydrogens is 330 g/mol. The molecule has 0 radical (unpaired) electrons. The number of carbonyl (C=O) groups is 1. The van der Waals surface area contributed by atoms with Crippen LogP contribution in [0.3, 0.4) is 0 Å². The second-order valence-electron chi connectivity index (χ2n) is 6.61. The average Bonchev–Trinajstić information content (AvgIpc) is 2.92. The fourth-order valence-electron chi connectivity index (χ4n) is 3.35. The topological polar surface area (TPSA) is 72.5 Å². The molecule has 0 unspecified atom stereocenters. The highest BCUT2D eigenvalue weighted by Crippen LogP contribution is 2.17. The van der Waals surface area contributed by atoms with E-state index in [0.29, 0.717) is 11.2 Å². The molecule has 1 amide bonds. The summed E-state index contributed by atoms with van der Waals surface area (Å²) in [7, 11) is 0. The Bertz CT molecular complexity index is 969. The fraction of sp³-hybridized carbons (Fsp3) is 0.368. The summed E-state index contributed by atoms with van der Waals surface area (Å²) in [5.41, 5.74) is 1.76. The predicted octanol–water partition coefficient (Wildman–Crippen LogP) is 1.96. The van der Waals surface area contributed by atoms with Crippen LogP contribution in [0.25, 0.3) is 16.8 Å². The van der Waals surface area contributed by atoms with Gasteiger partial charge in [0.25, 0.3) is 5.56 Å². The van der Waals surface area contributed by atoms with Crippen molar-refractivity contribution in [3.63, 3.8) is 0 Å². The lowest BCUT2D eigenvalue weighted by Crippen LogP contribution is -2.38. The first-order valence-corrected chi connectivity index (χ1v) is 9.01. The van der Waals surface area contributed by atoms with E-state index in [1.54, 1.807) is 6.07 Å². The molecule has 1 fully saturated rings. The van der Waals surface area contributed by atoms with E-state index in [1.165, 1.54) is 15.5 Å². The molecular formula is C19H21N5O2. The first kappa shape index (κ1) is 16.5. The molecule has 134 valence electrons. The second kappa shape index (κ2) is 7.11. The number of rotatable bonds is 3. The van der Waals surface area contributed by atoms with Crippen LogP contribution in [0, 0.1) is 0 Å². The SMILES string of the molecule is O=C(Cn1ncn2nc(-c3ccccc3)cc2c1=O)N1CCCCCC1. The van der Waals surface area contributed by atoms with E-state index in [1.807, 2.05) is 35.2 Å². The first-order valence-electron chi connectivity index (χ1n) is 9.01. The molecule has 3 aromatic rings. The number of aromatic nitrogens is 4. The lowest BCUT2D eigenvalue weighted by atomic mass is 10.1. The molecule has 26 heavy (non-hydrogen) atoms. The monoisotopic (exact) mass is 351 g/mol. The molecule has 7 nitrogen and oxygen atoms in total. The van der Waals surface area contributed by atoms with Crippen molar-refractivity contribution in [1.82, 2.24) is 24.3 Å². The third-order valence-corrected chi connectivity index (χ3v) is 4.80. The molecule has 0 spiro atoms. The van der Waals surface area contributed by atoms with Crippen molar-refractivity contribution in [2.45, 2.75) is 32.2 Å². The normalized spacial score (nSPS) is 15.2. The summed E-state index contributed by atoms with van der Waals surface area (Å²) in [5.74, 6) is -0.0475. The highest BCUT2D eigenvalue weighted by atomic mass is 16.2. The molecule has 1 aliphatic heterocycles. The molecule has 4 rings (SSSR count). The minimum Gasteiger partial charge on any atom is -0.341 e. The van der Waals surface area contributed by atoms with Crippen LogP contribution in [0.15, 0.2) is 47.5 Å². The molecule has 1 aliphatic rings. The molecule has 0 aliphatic carbocycles. The van der Waals surface area contributed by atoms with Crippen LogP contribution in [0.5, 0.6) is 0 Å². The van der Waals surface area contributed by atoms with Crippen LogP contribution >= 0.6 is 0 Å². The van der Waals surface area contributed by atoms with E-state index in [-0.39, 0.29) is 18.0 Å². The number of hydrogen-bond acceptors (Lipinski definition) is 4. The third kappa shape index (κ3) is 3.24. The maximum absolute atomic E-state index is 12.7. The van der Waals surface area contributed by atoms with Crippen molar-refractivity contribution in [3.05, 3.63) is 53.1 Å². The summed E-state index contributed by atoms with van der Waals surface area (Å²) in [4.78, 5) is 27.1. The largest absolute Gasteiger partial charge is 0.341 e. The zero-order chi connectivity index (χ0) is 17.9. The Labute approximate surface area is 150 Å². The molecule has 1 aromatic carbocycles. The van der Waals surface area contributed by atoms with Crippen LogP contribution in [0.4, 0.5) is 0 Å². The molecule has 0 bridgehead atoms. The van der Waals surface area contributed by atoms with Gasteiger partial charge in [-0.15, -0.1) is 0 Å². The lowest BCUT2D eigenvalue weighted by Gasteiger charge is -2.20. The Kier molecular flexibility index (Phi) is 4.51. The summed E-state index contributed by atoms with van der Waals surface area (Å²) in [5, 5.41) is 8.54. The summed E-state index contributed by atoms with van der Waals surface area (Å²) in [6.45, 7) is 1.50. The minimum atomic E-state index is -0.301. The minimum absolute atomic E-state index is 0.0266. The van der Waals surface area contributed by atoms with Gasteiger partial charge in [0.1, 0.15) is 18.4 Å². The van der Waals surface area contributed by atoms with Gasteiger partial charge in [0.2, 0.25) is 5.91 Å². The molecule has 2 aromatic heterocycles. The van der Waals surface area contributed by atoms with E-state index >= 15 is 0 Å². The van der Waals surface area contributed by atoms with Crippen molar-refractivity contribution < 1.29 is 4.79 Å². The lowest BCUT2D eigenvalue weighted by molar-refractivity contribution is -0.132. The molecule has 0 atom stereocenters. The van der Waals surface area contributed by atoms with Crippen LogP contribution in [-0.4, -0.2) is 43.3 Å². The fourth-order valence-corrected chi connectivity index (χ4v) is 3.35. The molecule has 7 heteroatoms. The van der Waals surface area contributed by atoms with Gasteiger partial charge in [0.15, 0.2) is 0 Å². The van der Waals surface area contributed by atoms with E-state index < -0.39 is 0 Å². The van der Waals surface area contributed by atoms with Crippen LogP contribution in [0.2, 0.25) is 0 Å². The Balaban J connectivity index is 1.61. The summed E-state index contributed by atoms with van der Waals surface area (Å²) >= 11 is 0. The van der Waals surface area contributed by atoms with Crippen molar-refractivity contribution in [3.8, 4) is 11.3 Å². The number of likely N-dealkylation sites (tertiary alicyclic amines) is 1. The zero-order valence-electron chi connectivity index (χ0n) is 14.5. The Morgan fingerprint density at radius 3 is 2.50 bits per heavy atom. The highest BCUT2D eigenvalue weighted by Gasteiger charge is 2.18. The number of hydrogen-bond donors (Lipinski definition) is 0. The van der Waals surface area contributed by atoms with Gasteiger partial charge in [-0.1, -0.05) is 43.2 Å². The average molecular weight is 351 g/mol. The summed E-state index contributed by atoms with van der Waals surface area (Å²) < 4.78 is 2.70. The predicted molar refractivity (Wildman–Crippen MR) is 97.7 cm³/mol. The van der Waals surface area contributed by atoms with Gasteiger partial charge in [0, 0.05) is 18.7 Å². The van der Waals surface area contributed by atoms with Crippen LogP contribution in [-0.2, 0) is 11.3 Å². The van der Waals surface area contributed by atoms with Crippen molar-refractivity contribution in [1.29, 1.82) is 0 Å².